The highest BCUT2D eigenvalue weighted by Crippen LogP contribution is 2.16. The Hall–Kier alpha value is -1.91. The zero-order valence-electron chi connectivity index (χ0n) is 37.4. The van der Waals surface area contributed by atoms with Gasteiger partial charge >= 0.3 is 0 Å². The summed E-state index contributed by atoms with van der Waals surface area (Å²) in [5.41, 5.74) is 0. The summed E-state index contributed by atoms with van der Waals surface area (Å²) in [6.07, 6.45) is 66.8. The fourth-order valence-electron chi connectivity index (χ4n) is 7.31. The van der Waals surface area contributed by atoms with Gasteiger partial charge in [-0.1, -0.05) is 228 Å². The second kappa shape index (κ2) is 47.5. The van der Waals surface area contributed by atoms with E-state index in [9.17, 15) is 15.0 Å². The van der Waals surface area contributed by atoms with E-state index in [1.54, 1.807) is 6.08 Å². The summed E-state index contributed by atoms with van der Waals surface area (Å²) in [6, 6.07) is -0.643. The molecule has 0 aliphatic carbocycles. The number of aliphatic hydroxyl groups is 2. The van der Waals surface area contributed by atoms with E-state index in [-0.39, 0.29) is 12.5 Å². The summed E-state index contributed by atoms with van der Waals surface area (Å²) in [5.74, 6) is -0.0796. The van der Waals surface area contributed by atoms with Gasteiger partial charge in [0.15, 0.2) is 0 Å². The van der Waals surface area contributed by atoms with Gasteiger partial charge < -0.3 is 15.5 Å². The minimum absolute atomic E-state index is 0.0796. The molecule has 3 N–H and O–H groups in total. The molecule has 0 bridgehead atoms. The molecule has 0 aromatic carbocycles. The van der Waals surface area contributed by atoms with Gasteiger partial charge in [-0.2, -0.15) is 0 Å². The molecule has 0 radical (unpaired) electrons. The molecular formula is C52H95NO3. The summed E-state index contributed by atoms with van der Waals surface area (Å²) in [4.78, 5) is 12.3. The summed E-state index contributed by atoms with van der Waals surface area (Å²) >= 11 is 0. The Morgan fingerprint density at radius 2 is 0.821 bits per heavy atom. The monoisotopic (exact) mass is 782 g/mol. The van der Waals surface area contributed by atoms with Crippen molar-refractivity contribution in [3.05, 3.63) is 60.8 Å². The van der Waals surface area contributed by atoms with Crippen LogP contribution in [0.3, 0.4) is 0 Å². The van der Waals surface area contributed by atoms with Gasteiger partial charge in [0.25, 0.3) is 0 Å². The number of nitrogens with one attached hydrogen (secondary N) is 1. The van der Waals surface area contributed by atoms with Crippen LogP contribution in [-0.2, 0) is 4.79 Å². The molecule has 0 heterocycles. The molecule has 4 nitrogen and oxygen atoms in total. The Morgan fingerprint density at radius 3 is 1.23 bits per heavy atom. The van der Waals surface area contributed by atoms with Crippen LogP contribution in [0.5, 0.6) is 0 Å². The van der Waals surface area contributed by atoms with Gasteiger partial charge in [-0.15, -0.1) is 0 Å². The molecule has 0 rings (SSSR count). The third-order valence-electron chi connectivity index (χ3n) is 11.0. The molecule has 2 unspecified atom stereocenters. The number of hydrogen-bond donors (Lipinski definition) is 3. The predicted octanol–water partition coefficient (Wildman–Crippen LogP) is 15.7. The van der Waals surface area contributed by atoms with Crippen LogP contribution in [0.15, 0.2) is 60.8 Å². The second-order valence-electron chi connectivity index (χ2n) is 16.5. The van der Waals surface area contributed by atoms with Crippen molar-refractivity contribution >= 4 is 5.91 Å². The van der Waals surface area contributed by atoms with Crippen molar-refractivity contribution in [2.24, 2.45) is 0 Å². The van der Waals surface area contributed by atoms with Crippen molar-refractivity contribution in [1.29, 1.82) is 0 Å². The lowest BCUT2D eigenvalue weighted by molar-refractivity contribution is -0.123. The first kappa shape index (κ1) is 54.1. The number of unbranched alkanes of at least 4 members (excludes halogenated alkanes) is 30. The lowest BCUT2D eigenvalue weighted by Gasteiger charge is -2.19. The number of rotatable bonds is 44. The number of aliphatic hydroxyl groups excluding tert-OH is 2. The van der Waals surface area contributed by atoms with Crippen molar-refractivity contribution < 1.29 is 15.0 Å². The largest absolute Gasteiger partial charge is 0.394 e. The molecule has 0 aliphatic heterocycles. The smallest absolute Gasteiger partial charge is 0.220 e. The molecule has 326 valence electrons. The summed E-state index contributed by atoms with van der Waals surface area (Å²) in [7, 11) is 0. The fraction of sp³-hybridized carbons (Fsp3) is 0.788. The molecule has 0 aromatic heterocycles. The van der Waals surface area contributed by atoms with Crippen LogP contribution in [0, 0.1) is 0 Å². The Bertz CT molecular complexity index is 934. The molecule has 0 fully saturated rings. The highest BCUT2D eigenvalue weighted by Gasteiger charge is 2.17. The van der Waals surface area contributed by atoms with E-state index < -0.39 is 12.1 Å². The minimum Gasteiger partial charge on any atom is -0.394 e. The number of allylic oxidation sites excluding steroid dienone is 9. The maximum atomic E-state index is 12.3. The first-order chi connectivity index (χ1) is 27.7. The average molecular weight is 782 g/mol. The zero-order valence-corrected chi connectivity index (χ0v) is 37.4. The maximum absolute atomic E-state index is 12.3. The first-order valence-electron chi connectivity index (χ1n) is 24.5. The lowest BCUT2D eigenvalue weighted by Crippen LogP contribution is -2.45. The number of carbonyl (C=O) groups excluding carboxylic acids is 1. The van der Waals surface area contributed by atoms with Crippen LogP contribution >= 0.6 is 0 Å². The van der Waals surface area contributed by atoms with Crippen LogP contribution in [-0.4, -0.2) is 34.9 Å². The number of carbonyl (C=O) groups is 1. The Kier molecular flexibility index (Phi) is 45.8. The van der Waals surface area contributed by atoms with Gasteiger partial charge in [0.2, 0.25) is 5.91 Å². The van der Waals surface area contributed by atoms with Crippen molar-refractivity contribution in [2.75, 3.05) is 6.61 Å². The van der Waals surface area contributed by atoms with E-state index in [2.05, 4.69) is 60.8 Å². The highest BCUT2D eigenvalue weighted by molar-refractivity contribution is 5.76. The topological polar surface area (TPSA) is 69.6 Å². The quantitative estimate of drug-likeness (QED) is 0.0426. The molecule has 2 atom stereocenters. The van der Waals surface area contributed by atoms with Crippen molar-refractivity contribution in [1.82, 2.24) is 5.32 Å². The third kappa shape index (κ3) is 43.2. The molecule has 56 heavy (non-hydrogen) atoms. The van der Waals surface area contributed by atoms with Gasteiger partial charge in [0.05, 0.1) is 18.8 Å². The summed E-state index contributed by atoms with van der Waals surface area (Å²) < 4.78 is 0. The first-order valence-corrected chi connectivity index (χ1v) is 24.5. The van der Waals surface area contributed by atoms with Crippen LogP contribution in [0.2, 0.25) is 0 Å². The van der Waals surface area contributed by atoms with Crippen LogP contribution < -0.4 is 5.32 Å². The fourth-order valence-corrected chi connectivity index (χ4v) is 7.31. The van der Waals surface area contributed by atoms with E-state index in [1.807, 2.05) is 13.0 Å². The third-order valence-corrected chi connectivity index (χ3v) is 11.0. The highest BCUT2D eigenvalue weighted by atomic mass is 16.3. The lowest BCUT2D eigenvalue weighted by atomic mass is 10.0. The Labute approximate surface area is 349 Å². The van der Waals surface area contributed by atoms with E-state index >= 15 is 0 Å². The van der Waals surface area contributed by atoms with Gasteiger partial charge in [-0.05, 0) is 71.1 Å². The van der Waals surface area contributed by atoms with Crippen LogP contribution in [0.25, 0.3) is 0 Å². The van der Waals surface area contributed by atoms with Gasteiger partial charge in [-0.3, -0.25) is 4.79 Å². The van der Waals surface area contributed by atoms with Gasteiger partial charge in [-0.25, -0.2) is 0 Å². The number of hydrogen-bond acceptors (Lipinski definition) is 3. The summed E-state index contributed by atoms with van der Waals surface area (Å²) in [6.45, 7) is 4.05. The summed E-state index contributed by atoms with van der Waals surface area (Å²) in [5, 5.41) is 22.8. The van der Waals surface area contributed by atoms with E-state index in [0.717, 1.165) is 44.9 Å². The normalized spacial score (nSPS) is 13.4. The average Bonchev–Trinajstić information content (AvgIpc) is 3.20. The molecule has 0 saturated carbocycles. The zero-order chi connectivity index (χ0) is 40.7. The van der Waals surface area contributed by atoms with Crippen molar-refractivity contribution in [2.45, 2.75) is 257 Å². The van der Waals surface area contributed by atoms with E-state index in [1.165, 1.54) is 180 Å². The van der Waals surface area contributed by atoms with Gasteiger partial charge in [0, 0.05) is 6.42 Å². The van der Waals surface area contributed by atoms with Gasteiger partial charge in [0.1, 0.15) is 0 Å². The Balaban J connectivity index is 3.39. The molecule has 4 heteroatoms. The van der Waals surface area contributed by atoms with E-state index in [0.29, 0.717) is 6.42 Å². The number of amides is 1. The van der Waals surface area contributed by atoms with Crippen LogP contribution in [0.1, 0.15) is 245 Å². The molecular weight excluding hydrogens is 687 g/mol. The molecule has 0 spiro atoms. The Morgan fingerprint density at radius 1 is 0.464 bits per heavy atom. The standard InChI is InChI=1S/C52H95NO3/c1-3-5-7-9-11-13-14-15-16-17-18-19-20-21-22-23-24-25-26-27-28-29-30-31-32-33-34-35-36-37-38-40-42-44-46-48-52(56)53-50(49-54)51(55)47-45-43-41-39-12-10-8-6-4-2/h4,6,12,14-15,17-18,39,45,47,50-51,54-55H,3,5,7-11,13,16,19-38,40-44,46,48-49H2,1-2H3,(H,53,56)/b6-4+,15-14-,18-17-,39-12+,47-45+. The van der Waals surface area contributed by atoms with Crippen molar-refractivity contribution in [3.8, 4) is 0 Å². The SMILES string of the molecule is C/C=C/CC/C=C/CC/C=C/C(O)C(CO)NC(=O)CCCCCCCCCCCCCCCCCCCCCCCCC/C=C\C/C=C\CCCCCCC. The van der Waals surface area contributed by atoms with Crippen molar-refractivity contribution in [3.63, 3.8) is 0 Å². The molecule has 0 aromatic rings. The van der Waals surface area contributed by atoms with E-state index in [4.69, 9.17) is 0 Å². The minimum atomic E-state index is -0.867. The molecule has 0 saturated heterocycles. The molecule has 1 amide bonds. The van der Waals surface area contributed by atoms with Crippen LogP contribution in [0.4, 0.5) is 0 Å². The molecule has 0 aliphatic rings. The maximum Gasteiger partial charge on any atom is 0.220 e. The predicted molar refractivity (Wildman–Crippen MR) is 248 cm³/mol. The second-order valence-corrected chi connectivity index (χ2v) is 16.5.